The molecule has 0 aromatic carbocycles. The molecule has 1 nitrogen and oxygen atoms in total. The van der Waals surface area contributed by atoms with Crippen LogP contribution in [0.4, 0.5) is 0 Å². The van der Waals surface area contributed by atoms with Crippen LogP contribution >= 0.6 is 11.6 Å². The summed E-state index contributed by atoms with van der Waals surface area (Å²) in [5.74, 6) is 0.0811. The van der Waals surface area contributed by atoms with E-state index in [2.05, 4.69) is 0 Å². The van der Waals surface area contributed by atoms with Gasteiger partial charge in [0.1, 0.15) is 0 Å². The second-order valence-electron chi connectivity index (χ2n) is 3.08. The van der Waals surface area contributed by atoms with Crippen LogP contribution < -0.4 is 0 Å². The molecule has 0 saturated heterocycles. The maximum atomic E-state index is 10.6. The van der Waals surface area contributed by atoms with Gasteiger partial charge in [-0.05, 0) is 44.3 Å². The SMILES string of the molecule is CC(=O)C=CC1=C(Cl)CCCC1. The van der Waals surface area contributed by atoms with Crippen LogP contribution in [0.2, 0.25) is 0 Å². The molecule has 0 atom stereocenters. The first kappa shape index (κ1) is 9.53. The highest BCUT2D eigenvalue weighted by Crippen LogP contribution is 2.27. The number of ketones is 1. The highest BCUT2D eigenvalue weighted by molar-refractivity contribution is 6.30. The van der Waals surface area contributed by atoms with Gasteiger partial charge in [-0.1, -0.05) is 17.7 Å². The first-order valence-electron chi connectivity index (χ1n) is 4.26. The van der Waals surface area contributed by atoms with Gasteiger partial charge >= 0.3 is 0 Å². The second kappa shape index (κ2) is 4.46. The molecule has 0 aliphatic heterocycles. The number of carbonyl (C=O) groups excluding carboxylic acids is 1. The molecular weight excluding hydrogens is 172 g/mol. The van der Waals surface area contributed by atoms with E-state index in [9.17, 15) is 4.79 Å². The largest absolute Gasteiger partial charge is 0.295 e. The van der Waals surface area contributed by atoms with E-state index in [-0.39, 0.29) is 5.78 Å². The average molecular weight is 185 g/mol. The van der Waals surface area contributed by atoms with E-state index in [1.807, 2.05) is 6.08 Å². The Bertz CT molecular complexity index is 238. The standard InChI is InChI=1S/C10H13ClO/c1-8(12)6-7-9-4-2-3-5-10(9)11/h6-7H,2-5H2,1H3. The normalized spacial score (nSPS) is 18.8. The van der Waals surface area contributed by atoms with Crippen molar-refractivity contribution in [2.24, 2.45) is 0 Å². The minimum absolute atomic E-state index is 0.0811. The van der Waals surface area contributed by atoms with Gasteiger partial charge in [0.15, 0.2) is 5.78 Å². The van der Waals surface area contributed by atoms with Crippen LogP contribution in [0.3, 0.4) is 0 Å². The fourth-order valence-electron chi connectivity index (χ4n) is 1.28. The minimum Gasteiger partial charge on any atom is -0.295 e. The highest BCUT2D eigenvalue weighted by Gasteiger charge is 2.07. The predicted octanol–water partition coefficient (Wildman–Crippen LogP) is 3.20. The molecule has 0 amide bonds. The van der Waals surface area contributed by atoms with Crippen molar-refractivity contribution in [2.75, 3.05) is 0 Å². The van der Waals surface area contributed by atoms with Crippen molar-refractivity contribution in [2.45, 2.75) is 32.6 Å². The molecule has 1 rings (SSSR count). The lowest BCUT2D eigenvalue weighted by atomic mass is 9.99. The topological polar surface area (TPSA) is 17.1 Å². The summed E-state index contributed by atoms with van der Waals surface area (Å²) in [5.41, 5.74) is 1.14. The molecule has 0 aromatic heterocycles. The number of rotatable bonds is 2. The summed E-state index contributed by atoms with van der Waals surface area (Å²) in [6, 6.07) is 0. The third kappa shape index (κ3) is 2.82. The minimum atomic E-state index is 0.0811. The smallest absolute Gasteiger partial charge is 0.152 e. The van der Waals surface area contributed by atoms with Crippen molar-refractivity contribution in [1.29, 1.82) is 0 Å². The van der Waals surface area contributed by atoms with Crippen molar-refractivity contribution >= 4 is 17.4 Å². The maximum absolute atomic E-state index is 10.6. The van der Waals surface area contributed by atoms with E-state index in [0.29, 0.717) is 0 Å². The Morgan fingerprint density at radius 1 is 1.42 bits per heavy atom. The summed E-state index contributed by atoms with van der Waals surface area (Å²) in [6.07, 6.45) is 7.79. The molecule has 0 N–H and O–H groups in total. The summed E-state index contributed by atoms with van der Waals surface area (Å²) in [5, 5.41) is 0.929. The number of allylic oxidation sites excluding steroid dienone is 4. The molecule has 0 fully saturated rings. The molecular formula is C10H13ClO. The molecule has 0 saturated carbocycles. The lowest BCUT2D eigenvalue weighted by Gasteiger charge is -2.12. The van der Waals surface area contributed by atoms with Gasteiger partial charge in [-0.2, -0.15) is 0 Å². The zero-order valence-electron chi connectivity index (χ0n) is 7.27. The second-order valence-corrected chi connectivity index (χ2v) is 3.54. The molecule has 0 heterocycles. The number of carbonyl (C=O) groups is 1. The summed E-state index contributed by atoms with van der Waals surface area (Å²) >= 11 is 5.98. The molecule has 0 unspecified atom stereocenters. The van der Waals surface area contributed by atoms with Gasteiger partial charge in [-0.15, -0.1) is 0 Å². The van der Waals surface area contributed by atoms with Crippen molar-refractivity contribution < 1.29 is 4.79 Å². The van der Waals surface area contributed by atoms with Crippen LogP contribution in [0.1, 0.15) is 32.6 Å². The predicted molar refractivity (Wildman–Crippen MR) is 51.2 cm³/mol. The van der Waals surface area contributed by atoms with Gasteiger partial charge < -0.3 is 0 Å². The first-order valence-corrected chi connectivity index (χ1v) is 4.64. The summed E-state index contributed by atoms with van der Waals surface area (Å²) < 4.78 is 0. The fourth-order valence-corrected chi connectivity index (χ4v) is 1.57. The molecule has 0 aromatic rings. The van der Waals surface area contributed by atoms with Gasteiger partial charge in [-0.25, -0.2) is 0 Å². The lowest BCUT2D eigenvalue weighted by Crippen LogP contribution is -1.93. The van der Waals surface area contributed by atoms with E-state index in [1.54, 1.807) is 13.0 Å². The Labute approximate surface area is 78.1 Å². The monoisotopic (exact) mass is 184 g/mol. The number of hydrogen-bond donors (Lipinski definition) is 0. The molecule has 0 radical (unpaired) electrons. The van der Waals surface area contributed by atoms with E-state index >= 15 is 0 Å². The van der Waals surface area contributed by atoms with Crippen LogP contribution in [0.25, 0.3) is 0 Å². The molecule has 66 valence electrons. The Hall–Kier alpha value is -0.560. The van der Waals surface area contributed by atoms with E-state index in [0.717, 1.165) is 23.4 Å². The van der Waals surface area contributed by atoms with Crippen molar-refractivity contribution in [3.63, 3.8) is 0 Å². The van der Waals surface area contributed by atoms with Crippen molar-refractivity contribution in [3.05, 3.63) is 22.8 Å². The quantitative estimate of drug-likeness (QED) is 0.603. The van der Waals surface area contributed by atoms with Crippen LogP contribution in [0.5, 0.6) is 0 Å². The Morgan fingerprint density at radius 3 is 2.67 bits per heavy atom. The summed E-state index contributed by atoms with van der Waals surface area (Å²) in [7, 11) is 0. The Morgan fingerprint density at radius 2 is 2.08 bits per heavy atom. The molecule has 12 heavy (non-hydrogen) atoms. The van der Waals surface area contributed by atoms with Gasteiger partial charge in [-0.3, -0.25) is 4.79 Å². The fraction of sp³-hybridized carbons (Fsp3) is 0.500. The highest BCUT2D eigenvalue weighted by atomic mass is 35.5. The third-order valence-corrected chi connectivity index (χ3v) is 2.39. The first-order chi connectivity index (χ1) is 5.70. The molecule has 1 aliphatic carbocycles. The van der Waals surface area contributed by atoms with Gasteiger partial charge in [0.2, 0.25) is 0 Å². The van der Waals surface area contributed by atoms with E-state index < -0.39 is 0 Å². The van der Waals surface area contributed by atoms with E-state index in [4.69, 9.17) is 11.6 Å². The van der Waals surface area contributed by atoms with Gasteiger partial charge in [0.25, 0.3) is 0 Å². The zero-order chi connectivity index (χ0) is 8.97. The maximum Gasteiger partial charge on any atom is 0.152 e. The van der Waals surface area contributed by atoms with Gasteiger partial charge in [0.05, 0.1) is 0 Å². The summed E-state index contributed by atoms with van der Waals surface area (Å²) in [6.45, 7) is 1.55. The Kier molecular flexibility index (Phi) is 3.54. The summed E-state index contributed by atoms with van der Waals surface area (Å²) in [4.78, 5) is 10.6. The van der Waals surface area contributed by atoms with Crippen molar-refractivity contribution in [3.8, 4) is 0 Å². The number of halogens is 1. The zero-order valence-corrected chi connectivity index (χ0v) is 8.03. The van der Waals surface area contributed by atoms with Crippen LogP contribution in [-0.2, 0) is 4.79 Å². The average Bonchev–Trinajstić information content (AvgIpc) is 2.03. The number of hydrogen-bond acceptors (Lipinski definition) is 1. The Balaban J connectivity index is 2.66. The molecule has 0 bridgehead atoms. The molecule has 2 heteroatoms. The molecule has 1 aliphatic rings. The van der Waals surface area contributed by atoms with E-state index in [1.165, 1.54) is 12.8 Å². The van der Waals surface area contributed by atoms with Crippen LogP contribution in [0, 0.1) is 0 Å². The van der Waals surface area contributed by atoms with Crippen LogP contribution in [0.15, 0.2) is 22.8 Å². The third-order valence-electron chi connectivity index (χ3n) is 1.96. The van der Waals surface area contributed by atoms with Crippen LogP contribution in [-0.4, -0.2) is 5.78 Å². The lowest BCUT2D eigenvalue weighted by molar-refractivity contribution is -0.112. The van der Waals surface area contributed by atoms with Crippen molar-refractivity contribution in [1.82, 2.24) is 0 Å². The molecule has 0 spiro atoms. The van der Waals surface area contributed by atoms with Gasteiger partial charge in [0, 0.05) is 5.03 Å².